The largest absolute Gasteiger partial charge is 0.371 e. The van der Waals surface area contributed by atoms with Crippen LogP contribution in [0.3, 0.4) is 0 Å². The maximum atomic E-state index is 12.6. The van der Waals surface area contributed by atoms with Gasteiger partial charge in [0.25, 0.3) is 0 Å². The van der Waals surface area contributed by atoms with Crippen LogP contribution in [-0.4, -0.2) is 44.5 Å². The highest BCUT2D eigenvalue weighted by atomic mass is 35.5. The molecule has 8 heteroatoms. The lowest BCUT2D eigenvalue weighted by Gasteiger charge is -2.20. The van der Waals surface area contributed by atoms with Crippen molar-refractivity contribution < 1.29 is 9.59 Å². The van der Waals surface area contributed by atoms with Gasteiger partial charge in [0.1, 0.15) is 6.04 Å². The summed E-state index contributed by atoms with van der Waals surface area (Å²) in [5.41, 5.74) is 1.92. The van der Waals surface area contributed by atoms with Gasteiger partial charge in [-0.25, -0.2) is 0 Å². The minimum Gasteiger partial charge on any atom is -0.371 e. The van der Waals surface area contributed by atoms with E-state index >= 15 is 0 Å². The van der Waals surface area contributed by atoms with Gasteiger partial charge in [-0.2, -0.15) is 0 Å². The van der Waals surface area contributed by atoms with E-state index in [1.54, 1.807) is 0 Å². The summed E-state index contributed by atoms with van der Waals surface area (Å²) in [5.74, 6) is -0.216. The molecule has 1 heterocycles. The molecule has 1 aromatic carbocycles. The highest BCUT2D eigenvalue weighted by Gasteiger charge is 2.20. The van der Waals surface area contributed by atoms with E-state index in [0.29, 0.717) is 12.8 Å². The van der Waals surface area contributed by atoms with Gasteiger partial charge in [-0.3, -0.25) is 9.59 Å². The van der Waals surface area contributed by atoms with Crippen molar-refractivity contribution in [3.8, 4) is 0 Å². The van der Waals surface area contributed by atoms with Gasteiger partial charge in [0.15, 0.2) is 0 Å². The summed E-state index contributed by atoms with van der Waals surface area (Å²) in [5, 5.41) is 8.87. The Kier molecular flexibility index (Phi) is 13.7. The molecule has 1 unspecified atom stereocenters. The van der Waals surface area contributed by atoms with Gasteiger partial charge in [0.05, 0.1) is 0 Å². The number of hydrogen-bond acceptors (Lipinski definition) is 4. The first-order valence-electron chi connectivity index (χ1n) is 9.74. The van der Waals surface area contributed by atoms with Crippen LogP contribution in [0.5, 0.6) is 0 Å². The monoisotopic (exact) mass is 432 g/mol. The first-order chi connectivity index (χ1) is 12.6. The predicted molar refractivity (Wildman–Crippen MR) is 121 cm³/mol. The molecule has 0 aromatic heterocycles. The molecule has 1 aromatic rings. The van der Waals surface area contributed by atoms with Crippen LogP contribution in [-0.2, 0) is 9.59 Å². The maximum Gasteiger partial charge on any atom is 0.246 e. The first-order valence-corrected chi connectivity index (χ1v) is 9.74. The second-order valence-corrected chi connectivity index (χ2v) is 6.85. The fourth-order valence-electron chi connectivity index (χ4n) is 3.23. The Hall–Kier alpha value is -1.50. The van der Waals surface area contributed by atoms with Gasteiger partial charge in [-0.1, -0.05) is 19.4 Å². The van der Waals surface area contributed by atoms with Gasteiger partial charge in [0.2, 0.25) is 11.8 Å². The number of halogens is 2. The molecule has 1 fully saturated rings. The van der Waals surface area contributed by atoms with Crippen LogP contribution in [0.4, 0.5) is 11.4 Å². The number of hydrogen-bond donors (Lipinski definition) is 3. The summed E-state index contributed by atoms with van der Waals surface area (Å²) >= 11 is 0. The molecule has 2 rings (SSSR count). The summed E-state index contributed by atoms with van der Waals surface area (Å²) < 4.78 is 0. The van der Waals surface area contributed by atoms with E-state index in [9.17, 15) is 9.59 Å². The number of rotatable bonds is 10. The Morgan fingerprint density at radius 2 is 1.89 bits per heavy atom. The molecule has 160 valence electrons. The fourth-order valence-corrected chi connectivity index (χ4v) is 3.23. The van der Waals surface area contributed by atoms with Crippen molar-refractivity contribution in [3.05, 3.63) is 24.3 Å². The Bertz CT molecular complexity index is 595. The molecule has 6 nitrogen and oxygen atoms in total. The molecule has 1 aliphatic rings. The van der Waals surface area contributed by atoms with Crippen molar-refractivity contribution in [3.63, 3.8) is 0 Å². The lowest BCUT2D eigenvalue weighted by Crippen LogP contribution is -2.43. The topological polar surface area (TPSA) is 73.5 Å². The zero-order chi connectivity index (χ0) is 18.8. The van der Waals surface area contributed by atoms with Crippen LogP contribution in [0.2, 0.25) is 0 Å². The molecule has 0 radical (unpaired) electrons. The number of nitrogens with one attached hydrogen (secondary N) is 3. The summed E-state index contributed by atoms with van der Waals surface area (Å²) in [4.78, 5) is 27.0. The second-order valence-electron chi connectivity index (χ2n) is 6.85. The summed E-state index contributed by atoms with van der Waals surface area (Å²) in [6, 6.07) is 7.47. The van der Waals surface area contributed by atoms with E-state index in [-0.39, 0.29) is 36.6 Å². The maximum absolute atomic E-state index is 12.6. The van der Waals surface area contributed by atoms with Crippen molar-refractivity contribution in [2.75, 3.05) is 36.9 Å². The lowest BCUT2D eigenvalue weighted by atomic mass is 10.1. The van der Waals surface area contributed by atoms with E-state index in [0.717, 1.165) is 43.9 Å². The minimum atomic E-state index is -0.488. The molecule has 2 amide bonds. The highest BCUT2D eigenvalue weighted by molar-refractivity contribution is 5.97. The number of carbonyl (C=O) groups is 2. The molecule has 1 saturated heterocycles. The van der Waals surface area contributed by atoms with Gasteiger partial charge in [0, 0.05) is 30.9 Å². The van der Waals surface area contributed by atoms with Crippen LogP contribution in [0, 0.1) is 0 Å². The van der Waals surface area contributed by atoms with E-state index in [4.69, 9.17) is 0 Å². The smallest absolute Gasteiger partial charge is 0.246 e. The van der Waals surface area contributed by atoms with E-state index < -0.39 is 6.04 Å². The van der Waals surface area contributed by atoms with Crippen LogP contribution < -0.4 is 20.9 Å². The molecule has 3 N–H and O–H groups in total. The van der Waals surface area contributed by atoms with Crippen molar-refractivity contribution in [1.82, 2.24) is 10.6 Å². The van der Waals surface area contributed by atoms with Gasteiger partial charge in [-0.05, 0) is 57.5 Å². The lowest BCUT2D eigenvalue weighted by molar-refractivity contribution is -0.126. The Morgan fingerprint density at radius 3 is 2.54 bits per heavy atom. The summed E-state index contributed by atoms with van der Waals surface area (Å²) in [6.45, 7) is 4.94. The van der Waals surface area contributed by atoms with Crippen molar-refractivity contribution in [1.29, 1.82) is 0 Å². The van der Waals surface area contributed by atoms with Crippen molar-refractivity contribution in [2.24, 2.45) is 0 Å². The SMILES string of the molecule is CCCC(NC(=O)CCCNC)C(=O)Nc1cccc(N2CCCC2)c1.Cl.Cl. The highest BCUT2D eigenvalue weighted by Crippen LogP contribution is 2.23. The minimum absolute atomic E-state index is 0. The van der Waals surface area contributed by atoms with Crippen molar-refractivity contribution in [2.45, 2.75) is 51.5 Å². The Balaban J connectivity index is 0.00000364. The standard InChI is InChI=1S/C20H32N4O2.2ClH/c1-3-8-18(23-19(25)11-7-12-21-2)20(26)22-16-9-6-10-17(15-16)24-13-4-5-14-24;;/h6,9-10,15,18,21H,3-5,7-8,11-14H2,1-2H3,(H,22,26)(H,23,25);2*1H. The molecule has 1 aliphatic heterocycles. The quantitative estimate of drug-likeness (QED) is 0.495. The summed E-state index contributed by atoms with van der Waals surface area (Å²) in [7, 11) is 1.86. The number of benzene rings is 1. The Morgan fingerprint density at radius 1 is 1.18 bits per heavy atom. The van der Waals surface area contributed by atoms with Crippen LogP contribution in [0.1, 0.15) is 45.4 Å². The first kappa shape index (κ1) is 26.5. The fraction of sp³-hybridized carbons (Fsp3) is 0.600. The molecule has 0 aliphatic carbocycles. The zero-order valence-corrected chi connectivity index (χ0v) is 18.5. The van der Waals surface area contributed by atoms with E-state index in [2.05, 4.69) is 26.9 Å². The molecule has 28 heavy (non-hydrogen) atoms. The number of nitrogens with zero attached hydrogens (tertiary/aromatic N) is 1. The normalized spacial score (nSPS) is 13.9. The van der Waals surface area contributed by atoms with Gasteiger partial charge in [-0.15, -0.1) is 24.8 Å². The molecule has 0 bridgehead atoms. The molecule has 1 atom stereocenters. The molecule has 0 saturated carbocycles. The molecular weight excluding hydrogens is 399 g/mol. The second kappa shape index (κ2) is 14.5. The molecule has 0 spiro atoms. The van der Waals surface area contributed by atoms with Crippen molar-refractivity contribution >= 4 is 48.0 Å². The number of amides is 2. The average molecular weight is 433 g/mol. The number of carbonyl (C=O) groups excluding carboxylic acids is 2. The van der Waals surface area contributed by atoms with Crippen LogP contribution >= 0.6 is 24.8 Å². The molecular formula is C20H34Cl2N4O2. The van der Waals surface area contributed by atoms with E-state index in [1.807, 2.05) is 32.2 Å². The Labute approximate surface area is 181 Å². The van der Waals surface area contributed by atoms with Crippen LogP contribution in [0.15, 0.2) is 24.3 Å². The zero-order valence-electron chi connectivity index (χ0n) is 16.8. The third-order valence-corrected chi connectivity index (χ3v) is 4.64. The van der Waals surface area contributed by atoms with Gasteiger partial charge < -0.3 is 20.9 Å². The number of anilines is 2. The van der Waals surface area contributed by atoms with Gasteiger partial charge >= 0.3 is 0 Å². The third-order valence-electron chi connectivity index (χ3n) is 4.64. The van der Waals surface area contributed by atoms with Crippen LogP contribution in [0.25, 0.3) is 0 Å². The third kappa shape index (κ3) is 8.67. The summed E-state index contributed by atoms with van der Waals surface area (Å²) in [6.07, 6.45) is 5.10. The average Bonchev–Trinajstić information content (AvgIpc) is 3.16. The predicted octanol–water partition coefficient (Wildman–Crippen LogP) is 3.35. The van der Waals surface area contributed by atoms with E-state index in [1.165, 1.54) is 12.8 Å².